The number of pyridine rings is 2. The van der Waals surface area contributed by atoms with E-state index in [-0.39, 0.29) is 28.7 Å². The van der Waals surface area contributed by atoms with E-state index in [1.54, 1.807) is 12.0 Å². The maximum absolute atomic E-state index is 12.9. The number of nitrogens with two attached hydrogens (primary N) is 1. The molecule has 3 aliphatic rings. The second-order valence-electron chi connectivity index (χ2n) is 9.23. The van der Waals surface area contributed by atoms with Gasteiger partial charge in [0.15, 0.2) is 6.29 Å². The highest BCUT2D eigenvalue weighted by Gasteiger charge is 2.28. The third kappa shape index (κ3) is 6.24. The zero-order valence-corrected chi connectivity index (χ0v) is 21.3. The number of fused-ring (bicyclic) bond motifs is 1. The summed E-state index contributed by atoms with van der Waals surface area (Å²) >= 11 is 0. The molecule has 0 aliphatic carbocycles. The first-order chi connectivity index (χ1) is 18.4. The molecule has 1 atom stereocenters. The number of carbonyl (C=O) groups is 3. The molecule has 0 aromatic carbocycles. The van der Waals surface area contributed by atoms with Gasteiger partial charge >= 0.3 is 6.03 Å². The van der Waals surface area contributed by atoms with Gasteiger partial charge in [-0.15, -0.1) is 0 Å². The molecule has 0 radical (unpaired) electrons. The van der Waals surface area contributed by atoms with Gasteiger partial charge in [0.1, 0.15) is 23.4 Å². The topological polar surface area (TPSA) is 164 Å². The number of aryl methyl sites for hydroxylation is 1. The summed E-state index contributed by atoms with van der Waals surface area (Å²) in [4.78, 5) is 48.2. The summed E-state index contributed by atoms with van der Waals surface area (Å²) in [5, 5.41) is 11.6. The Morgan fingerprint density at radius 2 is 2.16 bits per heavy atom. The Labute approximate surface area is 220 Å². The largest absolute Gasteiger partial charge is 0.398 e. The summed E-state index contributed by atoms with van der Waals surface area (Å²) in [6.07, 6.45) is 6.18. The van der Waals surface area contributed by atoms with Gasteiger partial charge in [-0.25, -0.2) is 14.8 Å². The lowest BCUT2D eigenvalue weighted by atomic mass is 10.0. The van der Waals surface area contributed by atoms with Crippen LogP contribution in [0.1, 0.15) is 52.9 Å². The van der Waals surface area contributed by atoms with Crippen LogP contribution in [0.4, 0.5) is 22.1 Å². The molecule has 38 heavy (non-hydrogen) atoms. The number of urea groups is 1. The number of aromatic nitrogens is 2. The molecule has 12 heteroatoms. The minimum absolute atomic E-state index is 0.0739. The van der Waals surface area contributed by atoms with Crippen molar-refractivity contribution in [3.05, 3.63) is 40.7 Å². The second-order valence-corrected chi connectivity index (χ2v) is 9.23. The van der Waals surface area contributed by atoms with Crippen molar-refractivity contribution in [3.8, 4) is 6.07 Å². The molecule has 1 unspecified atom stereocenters. The number of hydrogen-bond acceptors (Lipinski definition) is 9. The van der Waals surface area contributed by atoms with Crippen LogP contribution in [0.5, 0.6) is 0 Å². The van der Waals surface area contributed by atoms with Gasteiger partial charge in [0, 0.05) is 57.6 Å². The molecule has 5 heterocycles. The Bertz CT molecular complexity index is 1240. The number of hydrogen-bond donors (Lipinski definition) is 2. The molecule has 2 saturated heterocycles. The maximum atomic E-state index is 12.9. The maximum Gasteiger partial charge on any atom is 0.328 e. The quantitative estimate of drug-likeness (QED) is 0.562. The predicted molar refractivity (Wildman–Crippen MR) is 139 cm³/mol. The Kier molecular flexibility index (Phi) is 8.83. The van der Waals surface area contributed by atoms with Crippen molar-refractivity contribution < 1.29 is 23.9 Å². The van der Waals surface area contributed by atoms with Crippen LogP contribution in [0.2, 0.25) is 0 Å². The van der Waals surface area contributed by atoms with Gasteiger partial charge in [0.25, 0.3) is 0 Å². The van der Waals surface area contributed by atoms with Crippen LogP contribution < -0.4 is 16.0 Å². The van der Waals surface area contributed by atoms with Crippen LogP contribution in [-0.2, 0) is 27.2 Å². The Morgan fingerprint density at radius 3 is 2.76 bits per heavy atom. The van der Waals surface area contributed by atoms with E-state index in [2.05, 4.69) is 15.3 Å². The normalized spacial score (nSPS) is 18.3. The lowest BCUT2D eigenvalue weighted by molar-refractivity contribution is -0.128. The number of nitrogen functional groups attached to an aromatic ring is 1. The Hall–Kier alpha value is -4.08. The molecular formula is C26H31N7O5. The number of carbonyl (C=O) groups excluding carboxylic acids is 3. The highest BCUT2D eigenvalue weighted by molar-refractivity contribution is 6.01. The summed E-state index contributed by atoms with van der Waals surface area (Å²) in [6, 6.07) is 4.75. The molecule has 0 spiro atoms. The molecule has 2 aromatic rings. The number of nitriles is 1. The predicted octanol–water partition coefficient (Wildman–Crippen LogP) is 2.27. The van der Waals surface area contributed by atoms with Crippen molar-refractivity contribution in [2.75, 3.05) is 49.4 Å². The van der Waals surface area contributed by atoms with Crippen LogP contribution in [0.25, 0.3) is 0 Å². The van der Waals surface area contributed by atoms with Crippen molar-refractivity contribution in [3.63, 3.8) is 0 Å². The van der Waals surface area contributed by atoms with E-state index in [1.807, 2.05) is 12.1 Å². The summed E-state index contributed by atoms with van der Waals surface area (Å²) < 4.78 is 10.0. The minimum atomic E-state index is -0.454. The molecule has 200 valence electrons. The number of ether oxygens (including phenoxy) is 2. The van der Waals surface area contributed by atoms with Crippen molar-refractivity contribution >= 4 is 35.5 Å². The van der Waals surface area contributed by atoms with E-state index in [4.69, 9.17) is 20.5 Å². The average molecular weight is 522 g/mol. The SMILES string of the molecule is COC1CCOC1.N#Cc1cnc(NC(=O)N2CCCc3cc(CN4CCCC4=O)c(C=O)nc32)cc1N. The first kappa shape index (κ1) is 27.0. The lowest BCUT2D eigenvalue weighted by Crippen LogP contribution is -2.40. The van der Waals surface area contributed by atoms with E-state index in [0.29, 0.717) is 56.2 Å². The molecule has 12 nitrogen and oxygen atoms in total. The van der Waals surface area contributed by atoms with E-state index in [0.717, 1.165) is 38.0 Å². The van der Waals surface area contributed by atoms with Crippen LogP contribution in [-0.4, -0.2) is 72.6 Å². The molecule has 5 rings (SSSR count). The van der Waals surface area contributed by atoms with Crippen LogP contribution in [0.15, 0.2) is 18.3 Å². The van der Waals surface area contributed by atoms with Crippen molar-refractivity contribution in [1.82, 2.24) is 14.9 Å². The summed E-state index contributed by atoms with van der Waals surface area (Å²) in [5.41, 5.74) is 7.99. The number of nitrogens with zero attached hydrogens (tertiary/aromatic N) is 5. The van der Waals surface area contributed by atoms with Crippen LogP contribution >= 0.6 is 0 Å². The molecule has 3 N–H and O–H groups in total. The van der Waals surface area contributed by atoms with E-state index in [1.165, 1.54) is 17.2 Å². The zero-order chi connectivity index (χ0) is 27.1. The second kappa shape index (κ2) is 12.4. The third-order valence-corrected chi connectivity index (χ3v) is 6.68. The van der Waals surface area contributed by atoms with Gasteiger partial charge in [-0.3, -0.25) is 19.8 Å². The summed E-state index contributed by atoms with van der Waals surface area (Å²) in [7, 11) is 1.72. The van der Waals surface area contributed by atoms with Crippen molar-refractivity contribution in [2.24, 2.45) is 0 Å². The van der Waals surface area contributed by atoms with Gasteiger partial charge in [-0.1, -0.05) is 0 Å². The third-order valence-electron chi connectivity index (χ3n) is 6.68. The highest BCUT2D eigenvalue weighted by atomic mass is 16.5. The number of methoxy groups -OCH3 is 1. The number of likely N-dealkylation sites (tertiary alicyclic amines) is 1. The molecule has 0 saturated carbocycles. The summed E-state index contributed by atoms with van der Waals surface area (Å²) in [5.74, 6) is 0.710. The highest BCUT2D eigenvalue weighted by Crippen LogP contribution is 2.29. The number of amides is 3. The zero-order valence-electron chi connectivity index (χ0n) is 21.3. The lowest BCUT2D eigenvalue weighted by Gasteiger charge is -2.29. The number of aldehydes is 1. The standard InChI is InChI=1S/C21H21N7O3.C5H10O2/c22-9-15-10-24-18(8-16(15)23)26-21(31)28-6-1-3-13-7-14(17(12-29)25-20(13)28)11-27-5-2-4-19(27)30;1-6-5-2-3-7-4-5/h7-8,10,12H,1-6,11H2,(H3,23,24,26,31);5H,2-4H2,1H3. The van der Waals surface area contributed by atoms with Gasteiger partial charge in [-0.05, 0) is 37.3 Å². The first-order valence-electron chi connectivity index (χ1n) is 12.5. The molecule has 3 amide bonds. The van der Waals surface area contributed by atoms with E-state index in [9.17, 15) is 14.4 Å². The number of anilines is 3. The number of nitrogens with one attached hydrogen (secondary N) is 1. The molecule has 3 aliphatic heterocycles. The monoisotopic (exact) mass is 521 g/mol. The van der Waals surface area contributed by atoms with E-state index < -0.39 is 6.03 Å². The molecule has 2 aromatic heterocycles. The molecular weight excluding hydrogens is 490 g/mol. The van der Waals surface area contributed by atoms with Crippen molar-refractivity contribution in [1.29, 1.82) is 5.26 Å². The van der Waals surface area contributed by atoms with Crippen LogP contribution in [0.3, 0.4) is 0 Å². The first-order valence-corrected chi connectivity index (χ1v) is 12.5. The van der Waals surface area contributed by atoms with E-state index >= 15 is 0 Å². The summed E-state index contributed by atoms with van der Waals surface area (Å²) in [6.45, 7) is 3.10. The van der Waals surface area contributed by atoms with Crippen LogP contribution in [0, 0.1) is 11.3 Å². The van der Waals surface area contributed by atoms with Crippen molar-refractivity contribution in [2.45, 2.75) is 44.8 Å². The van der Waals surface area contributed by atoms with Gasteiger partial charge in [-0.2, -0.15) is 5.26 Å². The number of rotatable bonds is 5. The Morgan fingerprint density at radius 1 is 1.34 bits per heavy atom. The smallest absolute Gasteiger partial charge is 0.328 e. The Balaban J connectivity index is 0.000000417. The fourth-order valence-corrected chi connectivity index (χ4v) is 4.57. The fourth-order valence-electron chi connectivity index (χ4n) is 4.57. The van der Waals surface area contributed by atoms with Gasteiger partial charge in [0.05, 0.1) is 24.0 Å². The fraction of sp³-hybridized carbons (Fsp3) is 0.462. The average Bonchev–Trinajstić information content (AvgIpc) is 3.60. The molecule has 2 fully saturated rings. The van der Waals surface area contributed by atoms with Gasteiger partial charge < -0.3 is 20.1 Å². The minimum Gasteiger partial charge on any atom is -0.398 e. The molecule has 0 bridgehead atoms. The van der Waals surface area contributed by atoms with Gasteiger partial charge in [0.2, 0.25) is 5.91 Å².